The molecule has 2 aromatic carbocycles. The fourth-order valence-electron chi connectivity index (χ4n) is 3.85. The number of hydrogen-bond donors (Lipinski definition) is 3. The number of benzene rings is 2. The third kappa shape index (κ3) is 5.52. The summed E-state index contributed by atoms with van der Waals surface area (Å²) in [6.07, 6.45) is 2.81. The first-order valence-corrected chi connectivity index (χ1v) is 13.2. The molecule has 0 fully saturated rings. The van der Waals surface area contributed by atoms with Gasteiger partial charge < -0.3 is 10.4 Å². The third-order valence-corrected chi connectivity index (χ3v) is 7.72. The number of amides is 1. The second kappa shape index (κ2) is 10.9. The average Bonchev–Trinajstić information content (AvgIpc) is 2.89. The minimum Gasteiger partial charge on any atom is -0.390 e. The van der Waals surface area contributed by atoms with Crippen LogP contribution >= 0.6 is 11.6 Å². The Labute approximate surface area is 222 Å². The van der Waals surface area contributed by atoms with Crippen LogP contribution in [0.3, 0.4) is 0 Å². The Kier molecular flexibility index (Phi) is 7.76. The maximum Gasteiger partial charge on any atom is 0.263 e. The van der Waals surface area contributed by atoms with Crippen molar-refractivity contribution in [2.45, 2.75) is 25.0 Å². The molecule has 0 saturated carbocycles. The number of aromatic nitrogens is 3. The molecular formula is C25H23ClFN5O5S. The highest BCUT2D eigenvalue weighted by Gasteiger charge is 2.21. The minimum absolute atomic E-state index is 0.0199. The van der Waals surface area contributed by atoms with Crippen LogP contribution in [0.1, 0.15) is 12.6 Å². The van der Waals surface area contributed by atoms with E-state index in [2.05, 4.69) is 20.0 Å². The predicted octanol–water partition coefficient (Wildman–Crippen LogP) is 2.93. The van der Waals surface area contributed by atoms with Gasteiger partial charge in [-0.15, -0.1) is 0 Å². The van der Waals surface area contributed by atoms with Crippen molar-refractivity contribution >= 4 is 44.1 Å². The lowest BCUT2D eigenvalue weighted by Crippen LogP contribution is -2.32. The van der Waals surface area contributed by atoms with E-state index >= 15 is 0 Å². The van der Waals surface area contributed by atoms with Gasteiger partial charge in [0.2, 0.25) is 5.91 Å². The second-order valence-corrected chi connectivity index (χ2v) is 10.6. The second-order valence-electron chi connectivity index (χ2n) is 8.51. The number of anilines is 1. The minimum atomic E-state index is -4.26. The Morgan fingerprint density at radius 2 is 1.92 bits per heavy atom. The van der Waals surface area contributed by atoms with E-state index in [0.717, 1.165) is 18.2 Å². The molecule has 0 bridgehead atoms. The molecule has 13 heteroatoms. The van der Waals surface area contributed by atoms with Crippen LogP contribution < -0.4 is 15.6 Å². The van der Waals surface area contributed by atoms with Crippen molar-refractivity contribution in [3.05, 3.63) is 81.9 Å². The van der Waals surface area contributed by atoms with Gasteiger partial charge in [-0.3, -0.25) is 23.9 Å². The first-order valence-electron chi connectivity index (χ1n) is 11.3. The van der Waals surface area contributed by atoms with Crippen molar-refractivity contribution in [1.82, 2.24) is 19.9 Å². The van der Waals surface area contributed by atoms with Crippen LogP contribution in [-0.4, -0.2) is 41.0 Å². The van der Waals surface area contributed by atoms with Gasteiger partial charge in [0.15, 0.2) is 0 Å². The Morgan fingerprint density at radius 1 is 1.16 bits per heavy atom. The van der Waals surface area contributed by atoms with Gasteiger partial charge in [0.05, 0.1) is 46.2 Å². The highest BCUT2D eigenvalue weighted by Crippen LogP contribution is 2.29. The number of halogens is 2. The van der Waals surface area contributed by atoms with E-state index in [1.807, 2.05) is 0 Å². The van der Waals surface area contributed by atoms with Gasteiger partial charge in [-0.2, -0.15) is 0 Å². The van der Waals surface area contributed by atoms with E-state index in [1.165, 1.54) is 30.2 Å². The maximum absolute atomic E-state index is 13.4. The van der Waals surface area contributed by atoms with Crippen LogP contribution in [0.4, 0.5) is 10.1 Å². The lowest BCUT2D eigenvalue weighted by atomic mass is 10.0. The summed E-state index contributed by atoms with van der Waals surface area (Å²) in [7, 11) is -2.74. The quantitative estimate of drug-likeness (QED) is 0.301. The number of hydrogen-bond acceptors (Lipinski definition) is 7. The zero-order chi connectivity index (χ0) is 27.6. The summed E-state index contributed by atoms with van der Waals surface area (Å²) < 4.78 is 43.0. The van der Waals surface area contributed by atoms with Gasteiger partial charge in [-0.25, -0.2) is 17.8 Å². The number of carbonyl (C=O) groups is 1. The average molecular weight is 560 g/mol. The van der Waals surface area contributed by atoms with Crippen LogP contribution in [0, 0.1) is 11.7 Å². The molecule has 0 radical (unpaired) electrons. The van der Waals surface area contributed by atoms with Crippen molar-refractivity contribution in [3.63, 3.8) is 0 Å². The summed E-state index contributed by atoms with van der Waals surface area (Å²) >= 11 is 5.94. The number of sulfonamides is 1. The predicted molar refractivity (Wildman–Crippen MR) is 141 cm³/mol. The fourth-order valence-corrected chi connectivity index (χ4v) is 5.46. The number of rotatable bonds is 8. The summed E-state index contributed by atoms with van der Waals surface area (Å²) in [4.78, 5) is 33.2. The molecule has 38 heavy (non-hydrogen) atoms. The Hall–Kier alpha value is -3.87. The van der Waals surface area contributed by atoms with E-state index in [-0.39, 0.29) is 39.3 Å². The number of nitrogens with zero attached hydrogens (tertiary/aromatic N) is 3. The summed E-state index contributed by atoms with van der Waals surface area (Å²) in [6, 6.07) is 9.25. The zero-order valence-electron chi connectivity index (χ0n) is 20.3. The Bertz CT molecular complexity index is 1710. The molecule has 0 aliphatic rings. The van der Waals surface area contributed by atoms with Crippen LogP contribution in [0.2, 0.25) is 5.02 Å². The van der Waals surface area contributed by atoms with E-state index in [9.17, 15) is 27.5 Å². The van der Waals surface area contributed by atoms with Gasteiger partial charge in [0.25, 0.3) is 15.6 Å². The highest BCUT2D eigenvalue weighted by atomic mass is 35.5. The standard InChI is InChI=1S/C25H23ClFN5O5S/c1-14(24(34)28-2)11-32-13-30-20-5-3-15(7-18(20)25(32)35)16-8-21(22(12-33)29-10-16)31-38(36,37)23-6-4-17(27)9-19(23)26/h3-10,13-14,31,33H,11-12H2,1-2H3,(H,28,34)/t14-/m0/s1. The molecule has 0 spiro atoms. The molecule has 0 unspecified atom stereocenters. The van der Waals surface area contributed by atoms with E-state index in [1.54, 1.807) is 25.1 Å². The smallest absolute Gasteiger partial charge is 0.263 e. The Morgan fingerprint density at radius 3 is 2.61 bits per heavy atom. The summed E-state index contributed by atoms with van der Waals surface area (Å²) in [6.45, 7) is 1.27. The molecule has 0 saturated heterocycles. The molecule has 2 aromatic heterocycles. The molecule has 4 aromatic rings. The third-order valence-electron chi connectivity index (χ3n) is 5.87. The number of pyridine rings is 1. The van der Waals surface area contributed by atoms with Crippen LogP contribution in [-0.2, 0) is 28.0 Å². The molecule has 198 valence electrons. The first-order chi connectivity index (χ1) is 18.0. The molecule has 4 rings (SSSR count). The Balaban J connectivity index is 1.73. The molecular weight excluding hydrogens is 537 g/mol. The van der Waals surface area contributed by atoms with Crippen LogP contribution in [0.15, 0.2) is 64.7 Å². The van der Waals surface area contributed by atoms with Crippen LogP contribution in [0.5, 0.6) is 0 Å². The van der Waals surface area contributed by atoms with E-state index in [0.29, 0.717) is 22.0 Å². The molecule has 0 aliphatic carbocycles. The van der Waals surface area contributed by atoms with E-state index in [4.69, 9.17) is 11.6 Å². The number of aliphatic hydroxyl groups is 1. The number of fused-ring (bicyclic) bond motifs is 1. The molecule has 3 N–H and O–H groups in total. The van der Waals surface area contributed by atoms with Crippen molar-refractivity contribution in [3.8, 4) is 11.1 Å². The maximum atomic E-state index is 13.4. The largest absolute Gasteiger partial charge is 0.390 e. The molecule has 10 nitrogen and oxygen atoms in total. The number of carbonyl (C=O) groups excluding carboxylic acids is 1. The number of nitrogens with one attached hydrogen (secondary N) is 2. The summed E-state index contributed by atoms with van der Waals surface area (Å²) in [5, 5.41) is 12.3. The molecule has 1 atom stereocenters. The number of aliphatic hydroxyl groups excluding tert-OH is 1. The lowest BCUT2D eigenvalue weighted by molar-refractivity contribution is -0.124. The van der Waals surface area contributed by atoms with E-state index < -0.39 is 28.4 Å². The first kappa shape index (κ1) is 27.2. The SMILES string of the molecule is CNC(=O)[C@@H](C)Cn1cnc2ccc(-c3cnc(CO)c(NS(=O)(=O)c4ccc(F)cc4Cl)c3)cc2c1=O. The van der Waals surface area contributed by atoms with Gasteiger partial charge >= 0.3 is 0 Å². The van der Waals surface area contributed by atoms with Gasteiger partial charge in [-0.05, 0) is 42.0 Å². The monoisotopic (exact) mass is 559 g/mol. The fraction of sp³-hybridized carbons (Fsp3) is 0.200. The highest BCUT2D eigenvalue weighted by molar-refractivity contribution is 7.92. The topological polar surface area (TPSA) is 143 Å². The molecule has 0 aliphatic heterocycles. The van der Waals surface area contributed by atoms with Crippen LogP contribution in [0.25, 0.3) is 22.0 Å². The van der Waals surface area contributed by atoms with Gasteiger partial charge in [-0.1, -0.05) is 24.6 Å². The lowest BCUT2D eigenvalue weighted by Gasteiger charge is -2.14. The van der Waals surface area contributed by atoms with Gasteiger partial charge in [0, 0.05) is 25.4 Å². The normalized spacial score (nSPS) is 12.3. The summed E-state index contributed by atoms with van der Waals surface area (Å²) in [5.74, 6) is -1.36. The zero-order valence-corrected chi connectivity index (χ0v) is 21.8. The van der Waals surface area contributed by atoms with Gasteiger partial charge in [0.1, 0.15) is 10.7 Å². The molecule has 1 amide bonds. The summed E-state index contributed by atoms with van der Waals surface area (Å²) in [5.41, 5.74) is 1.09. The van der Waals surface area contributed by atoms with Crippen molar-refractivity contribution in [1.29, 1.82) is 0 Å². The molecule has 2 heterocycles. The van der Waals surface area contributed by atoms with Crippen molar-refractivity contribution in [2.24, 2.45) is 5.92 Å². The van der Waals surface area contributed by atoms with Crippen molar-refractivity contribution in [2.75, 3.05) is 11.8 Å². The van der Waals surface area contributed by atoms with Crippen molar-refractivity contribution < 1.29 is 22.7 Å².